The molecule has 1 aliphatic carbocycles. The van der Waals surface area contributed by atoms with Gasteiger partial charge in [0, 0.05) is 18.9 Å². The molecule has 2 N–H and O–H groups in total. The van der Waals surface area contributed by atoms with Gasteiger partial charge in [-0.2, -0.15) is 0 Å². The molecule has 0 aromatic heterocycles. The van der Waals surface area contributed by atoms with Gasteiger partial charge in [-0.15, -0.1) is 0 Å². The van der Waals surface area contributed by atoms with Crippen LogP contribution in [0, 0.1) is 0 Å². The predicted octanol–water partition coefficient (Wildman–Crippen LogP) is 0.952. The van der Waals surface area contributed by atoms with Crippen molar-refractivity contribution in [3.63, 3.8) is 0 Å². The molecular weight excluding hydrogens is 212 g/mol. The second-order valence-electron chi connectivity index (χ2n) is 4.74. The molecule has 0 aromatic carbocycles. The van der Waals surface area contributed by atoms with Crippen molar-refractivity contribution in [2.24, 2.45) is 0 Å². The number of ketones is 1. The molecule has 0 aliphatic heterocycles. The van der Waals surface area contributed by atoms with E-state index >= 15 is 0 Å². The molecule has 0 saturated heterocycles. The first-order chi connectivity index (χ1) is 7.26. The number of amides is 3. The Hall–Kier alpha value is -1.59. The van der Waals surface area contributed by atoms with E-state index in [-0.39, 0.29) is 11.8 Å². The van der Waals surface area contributed by atoms with Crippen molar-refractivity contribution in [3.05, 3.63) is 0 Å². The maximum Gasteiger partial charge on any atom is 0.415 e. The molecule has 1 fully saturated rings. The zero-order chi connectivity index (χ0) is 12.3. The van der Waals surface area contributed by atoms with Crippen LogP contribution in [0.2, 0.25) is 0 Å². The largest absolute Gasteiger partial charge is 0.443 e. The lowest BCUT2D eigenvalue weighted by molar-refractivity contribution is -0.124. The molecule has 6 nitrogen and oxygen atoms in total. The summed E-state index contributed by atoms with van der Waals surface area (Å²) in [6.45, 7) is 5.11. The van der Waals surface area contributed by atoms with Crippen LogP contribution >= 0.6 is 0 Å². The number of ether oxygens (including phenoxy) is 1. The molecule has 1 saturated carbocycles. The first-order valence-corrected chi connectivity index (χ1v) is 5.08. The normalized spacial score (nSPS) is 16.3. The fraction of sp³-hybridized carbons (Fsp3) is 0.700. The summed E-state index contributed by atoms with van der Waals surface area (Å²) in [5, 5.41) is 4.52. The van der Waals surface area contributed by atoms with Crippen molar-refractivity contribution in [1.82, 2.24) is 10.6 Å². The second kappa shape index (κ2) is 4.51. The van der Waals surface area contributed by atoms with Crippen LogP contribution in [0.4, 0.5) is 9.59 Å². The van der Waals surface area contributed by atoms with Gasteiger partial charge in [-0.3, -0.25) is 4.79 Å². The van der Waals surface area contributed by atoms with E-state index in [0.717, 1.165) is 0 Å². The molecule has 0 spiro atoms. The summed E-state index contributed by atoms with van der Waals surface area (Å²) in [6.07, 6.45) is -0.126. The average molecular weight is 228 g/mol. The lowest BCUT2D eigenvalue weighted by Gasteiger charge is -2.25. The van der Waals surface area contributed by atoms with Crippen LogP contribution in [-0.2, 0) is 9.53 Å². The van der Waals surface area contributed by atoms with Crippen LogP contribution in [0.1, 0.15) is 33.6 Å². The highest BCUT2D eigenvalue weighted by Crippen LogP contribution is 2.13. The number of Topliss-reactive ketones (excluding diaryl/α,β-unsaturated/α-hetero) is 1. The van der Waals surface area contributed by atoms with Gasteiger partial charge >= 0.3 is 12.1 Å². The Morgan fingerprint density at radius 3 is 2.31 bits per heavy atom. The molecule has 3 amide bonds. The highest BCUT2D eigenvalue weighted by molar-refractivity contribution is 5.93. The van der Waals surface area contributed by atoms with E-state index < -0.39 is 17.7 Å². The molecule has 16 heavy (non-hydrogen) atoms. The Kier molecular flexibility index (Phi) is 3.51. The third-order valence-electron chi connectivity index (χ3n) is 1.90. The maximum absolute atomic E-state index is 11.2. The molecule has 0 aromatic rings. The molecule has 1 rings (SSSR count). The molecule has 1 aliphatic rings. The summed E-state index contributed by atoms with van der Waals surface area (Å²) in [6, 6.07) is -0.790. The van der Waals surface area contributed by atoms with E-state index in [0.29, 0.717) is 12.8 Å². The third kappa shape index (κ3) is 4.29. The van der Waals surface area contributed by atoms with E-state index in [2.05, 4.69) is 5.32 Å². The SMILES string of the molecule is CC(C)(C)OC(=O)NC(=O)NC1CC(=O)C1. The number of carbonyl (C=O) groups is 3. The van der Waals surface area contributed by atoms with Gasteiger partial charge in [0.2, 0.25) is 0 Å². The van der Waals surface area contributed by atoms with Crippen molar-refractivity contribution in [1.29, 1.82) is 0 Å². The van der Waals surface area contributed by atoms with Crippen LogP contribution in [0.25, 0.3) is 0 Å². The number of nitrogens with one attached hydrogen (secondary N) is 2. The minimum atomic E-state index is -0.796. The fourth-order valence-corrected chi connectivity index (χ4v) is 1.21. The smallest absolute Gasteiger partial charge is 0.415 e. The van der Waals surface area contributed by atoms with Crippen LogP contribution < -0.4 is 10.6 Å². The summed E-state index contributed by atoms with van der Waals surface area (Å²) >= 11 is 0. The number of hydrogen-bond acceptors (Lipinski definition) is 4. The van der Waals surface area contributed by atoms with Gasteiger partial charge < -0.3 is 10.1 Å². The Morgan fingerprint density at radius 1 is 1.31 bits per heavy atom. The maximum atomic E-state index is 11.2. The average Bonchev–Trinajstić information content (AvgIpc) is 1.96. The highest BCUT2D eigenvalue weighted by atomic mass is 16.6. The van der Waals surface area contributed by atoms with Gasteiger partial charge in [-0.05, 0) is 20.8 Å². The van der Waals surface area contributed by atoms with E-state index in [4.69, 9.17) is 4.74 Å². The monoisotopic (exact) mass is 228 g/mol. The van der Waals surface area contributed by atoms with Crippen LogP contribution in [0.15, 0.2) is 0 Å². The number of alkyl carbamates (subject to hydrolysis) is 1. The van der Waals surface area contributed by atoms with Crippen molar-refractivity contribution < 1.29 is 19.1 Å². The number of carbonyl (C=O) groups excluding carboxylic acids is 3. The molecule has 0 radical (unpaired) electrons. The number of hydrogen-bond donors (Lipinski definition) is 2. The summed E-state index contributed by atoms with van der Waals surface area (Å²) in [4.78, 5) is 33.0. The van der Waals surface area contributed by atoms with E-state index in [9.17, 15) is 14.4 Å². The molecule has 6 heteroatoms. The highest BCUT2D eigenvalue weighted by Gasteiger charge is 2.28. The predicted molar refractivity (Wildman–Crippen MR) is 55.9 cm³/mol. The van der Waals surface area contributed by atoms with Crippen molar-refractivity contribution >= 4 is 17.9 Å². The first kappa shape index (κ1) is 12.5. The van der Waals surface area contributed by atoms with E-state index in [1.807, 2.05) is 5.32 Å². The van der Waals surface area contributed by atoms with Gasteiger partial charge in [0.1, 0.15) is 11.4 Å². The van der Waals surface area contributed by atoms with Gasteiger partial charge in [-0.25, -0.2) is 14.9 Å². The topological polar surface area (TPSA) is 84.5 Å². The molecule has 0 heterocycles. The van der Waals surface area contributed by atoms with Crippen molar-refractivity contribution in [3.8, 4) is 0 Å². The minimum absolute atomic E-state index is 0.113. The molecular formula is C10H16N2O4. The summed E-state index contributed by atoms with van der Waals surface area (Å²) in [7, 11) is 0. The van der Waals surface area contributed by atoms with Crippen LogP contribution in [0.5, 0.6) is 0 Å². The summed E-state index contributed by atoms with van der Waals surface area (Å²) in [5.74, 6) is 0.113. The zero-order valence-electron chi connectivity index (χ0n) is 9.62. The summed E-state index contributed by atoms with van der Waals surface area (Å²) in [5.41, 5.74) is -0.642. The fourth-order valence-electron chi connectivity index (χ4n) is 1.21. The lowest BCUT2D eigenvalue weighted by Crippen LogP contribution is -2.50. The van der Waals surface area contributed by atoms with Gasteiger partial charge in [0.05, 0.1) is 0 Å². The Morgan fingerprint density at radius 2 is 1.88 bits per heavy atom. The molecule has 90 valence electrons. The van der Waals surface area contributed by atoms with Gasteiger partial charge in [0.25, 0.3) is 0 Å². The Balaban J connectivity index is 2.23. The van der Waals surface area contributed by atoms with Crippen LogP contribution in [0.3, 0.4) is 0 Å². The van der Waals surface area contributed by atoms with Gasteiger partial charge in [0.15, 0.2) is 0 Å². The number of imide groups is 1. The van der Waals surface area contributed by atoms with Crippen molar-refractivity contribution in [2.45, 2.75) is 45.3 Å². The van der Waals surface area contributed by atoms with E-state index in [1.165, 1.54) is 0 Å². The summed E-state index contributed by atoms with van der Waals surface area (Å²) < 4.78 is 4.88. The zero-order valence-corrected chi connectivity index (χ0v) is 9.62. The Labute approximate surface area is 93.7 Å². The first-order valence-electron chi connectivity index (χ1n) is 5.08. The Bertz CT molecular complexity index is 311. The third-order valence-corrected chi connectivity index (χ3v) is 1.90. The lowest BCUT2D eigenvalue weighted by atomic mass is 9.92. The second-order valence-corrected chi connectivity index (χ2v) is 4.74. The van der Waals surface area contributed by atoms with Gasteiger partial charge in [-0.1, -0.05) is 0 Å². The number of urea groups is 1. The number of rotatable bonds is 1. The van der Waals surface area contributed by atoms with E-state index in [1.54, 1.807) is 20.8 Å². The van der Waals surface area contributed by atoms with Crippen molar-refractivity contribution in [2.75, 3.05) is 0 Å². The quantitative estimate of drug-likeness (QED) is 0.699. The molecule has 0 atom stereocenters. The standard InChI is InChI=1S/C10H16N2O4/c1-10(2,3)16-9(15)12-8(14)11-6-4-7(13)5-6/h6H,4-5H2,1-3H3,(H2,11,12,14,15). The minimum Gasteiger partial charge on any atom is -0.443 e. The van der Waals surface area contributed by atoms with Crippen LogP contribution in [-0.4, -0.2) is 29.6 Å². The molecule has 0 bridgehead atoms. The molecule has 0 unspecified atom stereocenters.